The van der Waals surface area contributed by atoms with Crippen molar-refractivity contribution in [1.82, 2.24) is 9.78 Å². The number of aromatic nitrogens is 2. The van der Waals surface area contributed by atoms with Gasteiger partial charge in [0.2, 0.25) is 0 Å². The Balaban J connectivity index is 1.89. The third kappa shape index (κ3) is 2.93. The Labute approximate surface area is 130 Å². The van der Waals surface area contributed by atoms with E-state index in [1.165, 1.54) is 31.4 Å². The molecule has 3 rings (SSSR count). The van der Waals surface area contributed by atoms with Gasteiger partial charge in [0.15, 0.2) is 0 Å². The Morgan fingerprint density at radius 3 is 2.64 bits per heavy atom. The maximum Gasteiger partial charge on any atom is 0.123 e. The van der Waals surface area contributed by atoms with Gasteiger partial charge in [-0.15, -0.1) is 0 Å². The van der Waals surface area contributed by atoms with Crippen molar-refractivity contribution in [3.63, 3.8) is 0 Å². The van der Waals surface area contributed by atoms with Gasteiger partial charge in [0.05, 0.1) is 17.5 Å². The van der Waals surface area contributed by atoms with Crippen molar-refractivity contribution in [3.05, 3.63) is 47.0 Å². The molecule has 1 heterocycles. The fourth-order valence-electron chi connectivity index (χ4n) is 3.47. The normalized spacial score (nSPS) is 17.6. The van der Waals surface area contributed by atoms with E-state index in [1.54, 1.807) is 10.7 Å². The number of aliphatic hydroxyl groups excluding tert-OH is 1. The summed E-state index contributed by atoms with van der Waals surface area (Å²) in [7, 11) is 0. The summed E-state index contributed by atoms with van der Waals surface area (Å²) in [6, 6.07) is 4.67. The van der Waals surface area contributed by atoms with Crippen molar-refractivity contribution in [2.75, 3.05) is 0 Å². The zero-order valence-electron chi connectivity index (χ0n) is 13.2. The summed E-state index contributed by atoms with van der Waals surface area (Å²) < 4.78 is 15.0. The fourth-order valence-corrected chi connectivity index (χ4v) is 3.47. The third-order valence-electron chi connectivity index (χ3n) is 4.76. The summed E-state index contributed by atoms with van der Waals surface area (Å²) in [6.45, 7) is 3.80. The van der Waals surface area contributed by atoms with E-state index in [4.69, 9.17) is 0 Å². The number of benzene rings is 1. The standard InChI is InChI=1S/C18H23FN2O/c1-12-10-15(19)8-9-17(12)21-11-16(13(2)20-21)18(22)14-6-4-3-5-7-14/h8-11,14,18,22H,3-7H2,1-2H3. The zero-order valence-corrected chi connectivity index (χ0v) is 13.2. The van der Waals surface area contributed by atoms with Crippen LogP contribution in [0.15, 0.2) is 24.4 Å². The minimum Gasteiger partial charge on any atom is -0.388 e. The van der Waals surface area contributed by atoms with Gasteiger partial charge < -0.3 is 5.11 Å². The minimum atomic E-state index is -0.449. The predicted octanol–water partition coefficient (Wildman–Crippen LogP) is 4.24. The van der Waals surface area contributed by atoms with Crippen LogP contribution in [0.1, 0.15) is 55.0 Å². The van der Waals surface area contributed by atoms with Crippen LogP contribution in [0.4, 0.5) is 4.39 Å². The van der Waals surface area contributed by atoms with Gasteiger partial charge in [-0.2, -0.15) is 5.10 Å². The van der Waals surface area contributed by atoms with Crippen LogP contribution in [0.2, 0.25) is 0 Å². The Kier molecular flexibility index (Phi) is 4.30. The van der Waals surface area contributed by atoms with Crippen molar-refractivity contribution in [1.29, 1.82) is 0 Å². The maximum atomic E-state index is 13.2. The van der Waals surface area contributed by atoms with E-state index < -0.39 is 6.10 Å². The van der Waals surface area contributed by atoms with E-state index in [-0.39, 0.29) is 5.82 Å². The monoisotopic (exact) mass is 302 g/mol. The van der Waals surface area contributed by atoms with Gasteiger partial charge in [0.1, 0.15) is 5.82 Å². The molecule has 2 aromatic rings. The van der Waals surface area contributed by atoms with Crippen LogP contribution in [0.25, 0.3) is 5.69 Å². The van der Waals surface area contributed by atoms with Crippen molar-refractivity contribution in [2.24, 2.45) is 5.92 Å². The molecule has 3 nitrogen and oxygen atoms in total. The quantitative estimate of drug-likeness (QED) is 0.921. The van der Waals surface area contributed by atoms with Crippen molar-refractivity contribution >= 4 is 0 Å². The number of hydrogen-bond donors (Lipinski definition) is 1. The topological polar surface area (TPSA) is 38.0 Å². The first-order valence-electron chi connectivity index (χ1n) is 8.07. The number of nitrogens with zero attached hydrogens (tertiary/aromatic N) is 2. The van der Waals surface area contributed by atoms with Gasteiger partial charge in [-0.1, -0.05) is 19.3 Å². The maximum absolute atomic E-state index is 13.2. The van der Waals surface area contributed by atoms with Crippen molar-refractivity contribution < 1.29 is 9.50 Å². The van der Waals surface area contributed by atoms with Crippen LogP contribution < -0.4 is 0 Å². The first kappa shape index (κ1) is 15.2. The lowest BCUT2D eigenvalue weighted by Gasteiger charge is -2.26. The average molecular weight is 302 g/mol. The van der Waals surface area contributed by atoms with Crippen LogP contribution in [-0.4, -0.2) is 14.9 Å². The van der Waals surface area contributed by atoms with Gasteiger partial charge in [0.25, 0.3) is 0 Å². The van der Waals surface area contributed by atoms with Crippen LogP contribution in [0.5, 0.6) is 0 Å². The molecular weight excluding hydrogens is 279 g/mol. The summed E-state index contributed by atoms with van der Waals surface area (Å²) in [5, 5.41) is 15.2. The van der Waals surface area contributed by atoms with E-state index in [9.17, 15) is 9.50 Å². The second-order valence-electron chi connectivity index (χ2n) is 6.39. The Morgan fingerprint density at radius 2 is 1.95 bits per heavy atom. The minimum absolute atomic E-state index is 0.243. The first-order chi connectivity index (χ1) is 10.6. The van der Waals surface area contributed by atoms with Crippen LogP contribution in [-0.2, 0) is 0 Å². The number of aliphatic hydroxyl groups is 1. The molecule has 0 radical (unpaired) electrons. The Morgan fingerprint density at radius 1 is 1.23 bits per heavy atom. The van der Waals surface area contributed by atoms with Gasteiger partial charge in [0, 0.05) is 11.8 Å². The molecule has 0 spiro atoms. The van der Waals surface area contributed by atoms with Crippen LogP contribution in [0, 0.1) is 25.6 Å². The van der Waals surface area contributed by atoms with Gasteiger partial charge in [-0.05, 0) is 56.4 Å². The second-order valence-corrected chi connectivity index (χ2v) is 6.39. The molecule has 1 aromatic carbocycles. The highest BCUT2D eigenvalue weighted by molar-refractivity contribution is 5.41. The molecule has 1 atom stereocenters. The van der Waals surface area contributed by atoms with Crippen molar-refractivity contribution in [3.8, 4) is 5.69 Å². The lowest BCUT2D eigenvalue weighted by Crippen LogP contribution is -2.16. The molecule has 0 aliphatic heterocycles. The van der Waals surface area contributed by atoms with Crippen LogP contribution >= 0.6 is 0 Å². The lowest BCUT2D eigenvalue weighted by atomic mass is 9.83. The predicted molar refractivity (Wildman–Crippen MR) is 84.5 cm³/mol. The number of hydrogen-bond acceptors (Lipinski definition) is 2. The molecule has 1 unspecified atom stereocenters. The van der Waals surface area contributed by atoms with Gasteiger partial charge in [-0.3, -0.25) is 0 Å². The first-order valence-corrected chi connectivity index (χ1v) is 8.07. The highest BCUT2D eigenvalue weighted by Gasteiger charge is 2.26. The molecule has 118 valence electrons. The molecule has 1 aromatic heterocycles. The van der Waals surface area contributed by atoms with E-state index in [1.807, 2.05) is 20.0 Å². The van der Waals surface area contributed by atoms with Crippen molar-refractivity contribution in [2.45, 2.75) is 52.1 Å². The molecule has 0 bridgehead atoms. The smallest absolute Gasteiger partial charge is 0.123 e. The number of aryl methyl sites for hydroxylation is 2. The van der Waals surface area contributed by atoms with Gasteiger partial charge >= 0.3 is 0 Å². The summed E-state index contributed by atoms with van der Waals surface area (Å²) in [6.07, 6.45) is 7.29. The number of rotatable bonds is 3. The molecule has 0 amide bonds. The third-order valence-corrected chi connectivity index (χ3v) is 4.76. The summed E-state index contributed by atoms with van der Waals surface area (Å²) >= 11 is 0. The molecule has 1 aliphatic carbocycles. The molecular formula is C18H23FN2O. The molecule has 1 N–H and O–H groups in total. The summed E-state index contributed by atoms with van der Waals surface area (Å²) in [4.78, 5) is 0. The number of halogens is 1. The molecule has 1 aliphatic rings. The molecule has 4 heteroatoms. The largest absolute Gasteiger partial charge is 0.388 e. The Bertz CT molecular complexity index is 659. The SMILES string of the molecule is Cc1cc(F)ccc1-n1cc(C(O)C2CCCCC2)c(C)n1. The molecule has 1 saturated carbocycles. The van der Waals surface area contributed by atoms with E-state index in [2.05, 4.69) is 5.10 Å². The second kappa shape index (κ2) is 6.21. The van der Waals surface area contributed by atoms with E-state index in [0.29, 0.717) is 5.92 Å². The molecule has 0 saturated heterocycles. The average Bonchev–Trinajstić information content (AvgIpc) is 2.89. The van der Waals surface area contributed by atoms with E-state index in [0.717, 1.165) is 35.3 Å². The summed E-state index contributed by atoms with van der Waals surface area (Å²) in [5.74, 6) is 0.0898. The Hall–Kier alpha value is -1.68. The lowest BCUT2D eigenvalue weighted by molar-refractivity contribution is 0.0843. The molecule has 22 heavy (non-hydrogen) atoms. The zero-order chi connectivity index (χ0) is 15.7. The highest BCUT2D eigenvalue weighted by Crippen LogP contribution is 2.35. The molecule has 1 fully saturated rings. The highest BCUT2D eigenvalue weighted by atomic mass is 19.1. The summed E-state index contributed by atoms with van der Waals surface area (Å²) in [5.41, 5.74) is 3.44. The van der Waals surface area contributed by atoms with Crippen LogP contribution in [0.3, 0.4) is 0 Å². The van der Waals surface area contributed by atoms with Gasteiger partial charge in [-0.25, -0.2) is 9.07 Å². The van der Waals surface area contributed by atoms with E-state index >= 15 is 0 Å². The fraction of sp³-hybridized carbons (Fsp3) is 0.500.